The largest absolute Gasteiger partial charge is 0.338 e. The van der Waals surface area contributed by atoms with Crippen LogP contribution < -0.4 is 0 Å². The molecule has 4 aromatic rings. The van der Waals surface area contributed by atoms with E-state index in [1.807, 2.05) is 40.6 Å². The minimum atomic E-state index is -0.305. The quantitative estimate of drug-likeness (QED) is 0.525. The molecule has 7 nitrogen and oxygen atoms in total. The molecule has 30 heavy (non-hydrogen) atoms. The summed E-state index contributed by atoms with van der Waals surface area (Å²) in [5.74, 6) is 0.675. The molecule has 1 aliphatic rings. The lowest BCUT2D eigenvalue weighted by atomic mass is 9.96. The van der Waals surface area contributed by atoms with Gasteiger partial charge >= 0.3 is 0 Å². The second-order valence-electron chi connectivity index (χ2n) is 7.61. The van der Waals surface area contributed by atoms with Crippen molar-refractivity contribution in [1.82, 2.24) is 29.3 Å². The van der Waals surface area contributed by atoms with Crippen molar-refractivity contribution in [2.24, 2.45) is 0 Å². The number of aromatic nitrogens is 5. The van der Waals surface area contributed by atoms with Gasteiger partial charge in [0, 0.05) is 25.2 Å². The van der Waals surface area contributed by atoms with Gasteiger partial charge in [-0.3, -0.25) is 9.20 Å². The van der Waals surface area contributed by atoms with Gasteiger partial charge in [-0.15, -0.1) is 10.2 Å². The smallest absolute Gasteiger partial charge is 0.257 e. The molecular weight excluding hydrogens is 383 g/mol. The van der Waals surface area contributed by atoms with Crippen molar-refractivity contribution in [3.05, 3.63) is 77.8 Å². The second-order valence-corrected chi connectivity index (χ2v) is 7.61. The van der Waals surface area contributed by atoms with E-state index in [9.17, 15) is 9.18 Å². The summed E-state index contributed by atoms with van der Waals surface area (Å²) in [6, 6.07) is 11.9. The van der Waals surface area contributed by atoms with E-state index < -0.39 is 0 Å². The summed E-state index contributed by atoms with van der Waals surface area (Å²) < 4.78 is 16.9. The molecule has 1 fully saturated rings. The maximum atomic E-state index is 13.3. The zero-order valence-corrected chi connectivity index (χ0v) is 16.6. The molecular formula is C22H21FN6O. The van der Waals surface area contributed by atoms with Crippen LogP contribution in [0.2, 0.25) is 0 Å². The van der Waals surface area contributed by atoms with Crippen LogP contribution in [-0.4, -0.2) is 48.3 Å². The fourth-order valence-electron chi connectivity index (χ4n) is 4.14. The Kier molecular flexibility index (Phi) is 4.54. The molecule has 1 amide bonds. The van der Waals surface area contributed by atoms with Gasteiger partial charge in [0.25, 0.3) is 5.91 Å². The van der Waals surface area contributed by atoms with E-state index in [2.05, 4.69) is 15.3 Å². The summed E-state index contributed by atoms with van der Waals surface area (Å²) >= 11 is 0. The lowest BCUT2D eigenvalue weighted by Gasteiger charge is -2.32. The van der Waals surface area contributed by atoms with E-state index in [4.69, 9.17) is 0 Å². The highest BCUT2D eigenvalue weighted by Gasteiger charge is 2.30. The molecule has 1 atom stereocenters. The molecule has 1 saturated heterocycles. The molecule has 1 aliphatic heterocycles. The first-order chi connectivity index (χ1) is 14.6. The third kappa shape index (κ3) is 3.14. The molecule has 0 N–H and O–H groups in total. The molecule has 0 radical (unpaired) electrons. The monoisotopic (exact) mass is 404 g/mol. The van der Waals surface area contributed by atoms with Crippen LogP contribution in [0.3, 0.4) is 0 Å². The Hall–Kier alpha value is -3.55. The average molecular weight is 404 g/mol. The maximum Gasteiger partial charge on any atom is 0.257 e. The SMILES string of the molecule is Cc1c(C(=O)N2CCC[C@@H](c3nnc4ccccn34)C2)cnn1-c1ccc(F)cc1. The fraction of sp³-hybridized carbons (Fsp3) is 0.273. The molecule has 0 aliphatic carbocycles. The van der Waals surface area contributed by atoms with E-state index in [1.165, 1.54) is 12.1 Å². The number of hydrogen-bond acceptors (Lipinski definition) is 4. The van der Waals surface area contributed by atoms with Crippen LogP contribution in [0.1, 0.15) is 40.6 Å². The summed E-state index contributed by atoms with van der Waals surface area (Å²) in [6.07, 6.45) is 5.43. The van der Waals surface area contributed by atoms with Gasteiger partial charge < -0.3 is 4.90 Å². The Morgan fingerprint density at radius 2 is 1.97 bits per heavy atom. The standard InChI is InChI=1S/C22H21FN6O/c1-15-19(13-24-29(15)18-9-7-17(23)8-10-18)22(30)27-11-4-5-16(14-27)21-26-25-20-6-2-3-12-28(20)21/h2-3,6-10,12-13,16H,4-5,11,14H2,1H3/t16-/m1/s1. The van der Waals surface area contributed by atoms with Crippen LogP contribution in [0.25, 0.3) is 11.3 Å². The van der Waals surface area contributed by atoms with Crippen LogP contribution in [0.4, 0.5) is 4.39 Å². The zero-order valence-electron chi connectivity index (χ0n) is 16.6. The molecule has 8 heteroatoms. The summed E-state index contributed by atoms with van der Waals surface area (Å²) in [5, 5.41) is 13.0. The number of hydrogen-bond donors (Lipinski definition) is 0. The van der Waals surface area contributed by atoms with Crippen molar-refractivity contribution in [2.75, 3.05) is 13.1 Å². The lowest BCUT2D eigenvalue weighted by molar-refractivity contribution is 0.0703. The van der Waals surface area contributed by atoms with Crippen molar-refractivity contribution in [2.45, 2.75) is 25.7 Å². The van der Waals surface area contributed by atoms with E-state index in [0.29, 0.717) is 18.7 Å². The predicted octanol–water partition coefficient (Wildman–Crippen LogP) is 3.38. The van der Waals surface area contributed by atoms with Crippen molar-refractivity contribution in [3.63, 3.8) is 0 Å². The van der Waals surface area contributed by atoms with Gasteiger partial charge in [0.15, 0.2) is 5.65 Å². The Balaban J connectivity index is 1.39. The number of carbonyl (C=O) groups is 1. The highest BCUT2D eigenvalue weighted by Crippen LogP contribution is 2.27. The number of pyridine rings is 1. The van der Waals surface area contributed by atoms with Crippen molar-refractivity contribution < 1.29 is 9.18 Å². The van der Waals surface area contributed by atoms with Gasteiger partial charge in [-0.05, 0) is 56.2 Å². The summed E-state index contributed by atoms with van der Waals surface area (Å²) in [5.41, 5.74) is 2.83. The van der Waals surface area contributed by atoms with Crippen LogP contribution in [0.15, 0.2) is 54.9 Å². The van der Waals surface area contributed by atoms with Crippen molar-refractivity contribution in [3.8, 4) is 5.69 Å². The van der Waals surface area contributed by atoms with Crippen LogP contribution in [0.5, 0.6) is 0 Å². The molecule has 3 aromatic heterocycles. The number of amides is 1. The maximum absolute atomic E-state index is 13.3. The number of nitrogens with zero attached hydrogens (tertiary/aromatic N) is 6. The molecule has 0 bridgehead atoms. The van der Waals surface area contributed by atoms with E-state index in [0.717, 1.165) is 35.7 Å². The Labute approximate surface area is 172 Å². The van der Waals surface area contributed by atoms with E-state index in [1.54, 1.807) is 23.0 Å². The first-order valence-electron chi connectivity index (χ1n) is 10.0. The first kappa shape index (κ1) is 18.5. The Morgan fingerprint density at radius 1 is 1.13 bits per heavy atom. The number of likely N-dealkylation sites (tertiary alicyclic amines) is 1. The molecule has 152 valence electrons. The van der Waals surface area contributed by atoms with Gasteiger partial charge in [0.05, 0.1) is 23.1 Å². The molecule has 5 rings (SSSR count). The number of fused-ring (bicyclic) bond motifs is 1. The molecule has 0 saturated carbocycles. The minimum Gasteiger partial charge on any atom is -0.338 e. The lowest BCUT2D eigenvalue weighted by Crippen LogP contribution is -2.39. The minimum absolute atomic E-state index is 0.0422. The zero-order chi connectivity index (χ0) is 20.7. The predicted molar refractivity (Wildman–Crippen MR) is 109 cm³/mol. The van der Waals surface area contributed by atoms with Gasteiger partial charge in [-0.2, -0.15) is 5.10 Å². The average Bonchev–Trinajstić information content (AvgIpc) is 3.38. The highest BCUT2D eigenvalue weighted by molar-refractivity contribution is 5.95. The van der Waals surface area contributed by atoms with Gasteiger partial charge in [-0.1, -0.05) is 6.07 Å². The topological polar surface area (TPSA) is 68.3 Å². The van der Waals surface area contributed by atoms with Gasteiger partial charge in [0.1, 0.15) is 11.6 Å². The van der Waals surface area contributed by atoms with Crippen LogP contribution >= 0.6 is 0 Å². The second kappa shape index (κ2) is 7.37. The Bertz CT molecular complexity index is 1210. The number of piperidine rings is 1. The first-order valence-corrected chi connectivity index (χ1v) is 10.0. The summed E-state index contributed by atoms with van der Waals surface area (Å²) in [4.78, 5) is 15.1. The van der Waals surface area contributed by atoms with E-state index >= 15 is 0 Å². The van der Waals surface area contributed by atoms with Crippen LogP contribution in [0, 0.1) is 12.7 Å². The fourth-order valence-corrected chi connectivity index (χ4v) is 4.14. The van der Waals surface area contributed by atoms with Crippen LogP contribution in [-0.2, 0) is 0 Å². The number of benzene rings is 1. The van der Waals surface area contributed by atoms with Crippen molar-refractivity contribution in [1.29, 1.82) is 0 Å². The number of carbonyl (C=O) groups excluding carboxylic acids is 1. The van der Waals surface area contributed by atoms with E-state index in [-0.39, 0.29) is 17.6 Å². The molecule has 0 spiro atoms. The van der Waals surface area contributed by atoms with Crippen molar-refractivity contribution >= 4 is 11.6 Å². The number of rotatable bonds is 3. The van der Waals surface area contributed by atoms with Gasteiger partial charge in [-0.25, -0.2) is 9.07 Å². The third-order valence-corrected chi connectivity index (χ3v) is 5.73. The molecule has 4 heterocycles. The number of halogens is 1. The summed E-state index contributed by atoms with van der Waals surface area (Å²) in [6.45, 7) is 3.15. The molecule has 1 aromatic carbocycles. The van der Waals surface area contributed by atoms with Gasteiger partial charge in [0.2, 0.25) is 0 Å². The normalized spacial score (nSPS) is 16.9. The third-order valence-electron chi connectivity index (χ3n) is 5.73. The highest BCUT2D eigenvalue weighted by atomic mass is 19.1. The summed E-state index contributed by atoms with van der Waals surface area (Å²) in [7, 11) is 0. The Morgan fingerprint density at radius 3 is 2.80 bits per heavy atom. The molecule has 0 unspecified atom stereocenters.